The van der Waals surface area contributed by atoms with E-state index in [0.29, 0.717) is 16.9 Å². The number of benzene rings is 1. The van der Waals surface area contributed by atoms with Gasteiger partial charge in [0.1, 0.15) is 11.5 Å². The molecule has 0 aliphatic heterocycles. The lowest BCUT2D eigenvalue weighted by atomic mass is 10.0. The number of phenolic OH excluding ortho intramolecular Hbond substituents is 1. The van der Waals surface area contributed by atoms with Crippen LogP contribution in [0.3, 0.4) is 0 Å². The molecule has 74 valence electrons. The van der Waals surface area contributed by atoms with Gasteiger partial charge in [0.2, 0.25) is 0 Å². The number of rotatable bonds is 3. The molecule has 0 spiro atoms. The summed E-state index contributed by atoms with van der Waals surface area (Å²) in [7, 11) is 1.51. The topological polar surface area (TPSA) is 46.5 Å². The van der Waals surface area contributed by atoms with Gasteiger partial charge in [0.05, 0.1) is 7.11 Å². The third-order valence-corrected chi connectivity index (χ3v) is 1.95. The highest BCUT2D eigenvalue weighted by Crippen LogP contribution is 2.28. The molecule has 0 amide bonds. The minimum atomic E-state index is -0.162. The highest BCUT2D eigenvalue weighted by Gasteiger charge is 2.09. The predicted octanol–water partition coefficient (Wildman–Crippen LogP) is 2.00. The number of Topliss-reactive ketones (excluding diaryl/α,β-unsaturated/α-hetero) is 1. The predicted molar refractivity (Wildman–Crippen MR) is 54.4 cm³/mol. The largest absolute Gasteiger partial charge is 0.507 e. The van der Waals surface area contributed by atoms with E-state index in [0.717, 1.165) is 0 Å². The van der Waals surface area contributed by atoms with Gasteiger partial charge in [0.15, 0.2) is 5.78 Å². The molecule has 0 fully saturated rings. The highest BCUT2D eigenvalue weighted by atomic mass is 16.5. The normalized spacial score (nSPS) is 9.57. The van der Waals surface area contributed by atoms with Crippen LogP contribution < -0.4 is 4.74 Å². The summed E-state index contributed by atoms with van der Waals surface area (Å²) in [6, 6.07) is 4.73. The average Bonchev–Trinajstić information content (AvgIpc) is 2.16. The second kappa shape index (κ2) is 3.96. The molecule has 0 aliphatic rings. The first-order valence-corrected chi connectivity index (χ1v) is 4.13. The fourth-order valence-electron chi connectivity index (χ4n) is 1.08. The van der Waals surface area contributed by atoms with E-state index in [1.165, 1.54) is 20.1 Å². The molecule has 0 radical (unpaired) electrons. The fraction of sp³-hybridized carbons (Fsp3) is 0.182. The Kier molecular flexibility index (Phi) is 2.92. The lowest BCUT2D eigenvalue weighted by Crippen LogP contribution is -1.94. The van der Waals surface area contributed by atoms with Crippen molar-refractivity contribution in [3.8, 4) is 11.5 Å². The van der Waals surface area contributed by atoms with E-state index in [1.807, 2.05) is 0 Å². The zero-order valence-electron chi connectivity index (χ0n) is 8.20. The zero-order valence-corrected chi connectivity index (χ0v) is 8.20. The smallest absolute Gasteiger partial charge is 0.159 e. The quantitative estimate of drug-likeness (QED) is 0.745. The lowest BCUT2D eigenvalue weighted by Gasteiger charge is -2.06. The molecule has 14 heavy (non-hydrogen) atoms. The van der Waals surface area contributed by atoms with E-state index < -0.39 is 0 Å². The third kappa shape index (κ3) is 1.93. The Morgan fingerprint density at radius 2 is 2.14 bits per heavy atom. The van der Waals surface area contributed by atoms with Crippen molar-refractivity contribution in [3.63, 3.8) is 0 Å². The van der Waals surface area contributed by atoms with Crippen LogP contribution in [0.15, 0.2) is 24.8 Å². The van der Waals surface area contributed by atoms with Crippen molar-refractivity contribution in [2.75, 3.05) is 7.11 Å². The molecule has 0 bridgehead atoms. The first kappa shape index (κ1) is 10.3. The highest BCUT2D eigenvalue weighted by molar-refractivity contribution is 6.19. The molecule has 3 heteroatoms. The molecule has 0 saturated heterocycles. The van der Waals surface area contributed by atoms with Crippen LogP contribution in [0.25, 0.3) is 5.57 Å². The zero-order chi connectivity index (χ0) is 10.7. The molecular formula is C11H12O3. The van der Waals surface area contributed by atoms with Gasteiger partial charge in [0.25, 0.3) is 0 Å². The Morgan fingerprint density at radius 3 is 2.57 bits per heavy atom. The van der Waals surface area contributed by atoms with E-state index >= 15 is 0 Å². The molecule has 0 aliphatic carbocycles. The van der Waals surface area contributed by atoms with Crippen molar-refractivity contribution in [2.24, 2.45) is 0 Å². The van der Waals surface area contributed by atoms with Gasteiger partial charge < -0.3 is 9.84 Å². The lowest BCUT2D eigenvalue weighted by molar-refractivity contribution is -0.111. The Balaban J connectivity index is 3.12. The number of ether oxygens (including phenoxy) is 1. The number of aromatic hydroxyl groups is 1. The number of carbonyl (C=O) groups excluding carboxylic acids is 1. The van der Waals surface area contributed by atoms with Crippen molar-refractivity contribution in [1.29, 1.82) is 0 Å². The van der Waals surface area contributed by atoms with Gasteiger partial charge in [-0.1, -0.05) is 6.58 Å². The van der Waals surface area contributed by atoms with Gasteiger partial charge in [-0.3, -0.25) is 4.79 Å². The van der Waals surface area contributed by atoms with Crippen LogP contribution >= 0.6 is 0 Å². The van der Waals surface area contributed by atoms with Crippen molar-refractivity contribution >= 4 is 11.4 Å². The van der Waals surface area contributed by atoms with Crippen molar-refractivity contribution in [1.82, 2.24) is 0 Å². The van der Waals surface area contributed by atoms with Gasteiger partial charge >= 0.3 is 0 Å². The summed E-state index contributed by atoms with van der Waals surface area (Å²) in [5.74, 6) is 0.387. The Labute approximate surface area is 82.6 Å². The van der Waals surface area contributed by atoms with Gasteiger partial charge in [-0.25, -0.2) is 0 Å². The number of hydrogen-bond acceptors (Lipinski definition) is 3. The first-order valence-electron chi connectivity index (χ1n) is 4.13. The van der Waals surface area contributed by atoms with Gasteiger partial charge in [-0.15, -0.1) is 0 Å². The molecule has 1 aromatic carbocycles. The molecule has 3 nitrogen and oxygen atoms in total. The first-order chi connectivity index (χ1) is 6.56. The molecule has 0 heterocycles. The summed E-state index contributed by atoms with van der Waals surface area (Å²) in [5, 5.41) is 9.55. The fourth-order valence-corrected chi connectivity index (χ4v) is 1.08. The molecule has 1 aromatic rings. The number of allylic oxidation sites excluding steroid dienone is 1. The average molecular weight is 192 g/mol. The van der Waals surface area contributed by atoms with E-state index in [1.54, 1.807) is 12.1 Å². The van der Waals surface area contributed by atoms with Gasteiger partial charge in [-0.2, -0.15) is 0 Å². The molecule has 1 N–H and O–H groups in total. The maximum Gasteiger partial charge on any atom is 0.159 e. The van der Waals surface area contributed by atoms with E-state index in [-0.39, 0.29) is 11.5 Å². The number of ketones is 1. The minimum Gasteiger partial charge on any atom is -0.507 e. The second-order valence-electron chi connectivity index (χ2n) is 2.92. The monoisotopic (exact) mass is 192 g/mol. The Hall–Kier alpha value is -1.77. The van der Waals surface area contributed by atoms with Crippen LogP contribution in [0.2, 0.25) is 0 Å². The van der Waals surface area contributed by atoms with E-state index in [4.69, 9.17) is 4.74 Å². The van der Waals surface area contributed by atoms with Crippen LogP contribution in [-0.2, 0) is 4.79 Å². The van der Waals surface area contributed by atoms with Crippen molar-refractivity contribution in [2.45, 2.75) is 6.92 Å². The minimum absolute atomic E-state index is 0.00421. The standard InChI is InChI=1S/C11H12O3/c1-7(8(2)12)10-5-4-9(14-3)6-11(10)13/h4-6,13H,1H2,2-3H3. The number of phenols is 1. The third-order valence-electron chi connectivity index (χ3n) is 1.95. The Morgan fingerprint density at radius 1 is 1.50 bits per heavy atom. The van der Waals surface area contributed by atoms with E-state index in [9.17, 15) is 9.90 Å². The van der Waals surface area contributed by atoms with Crippen molar-refractivity contribution in [3.05, 3.63) is 30.3 Å². The summed E-state index contributed by atoms with van der Waals surface area (Å²) in [4.78, 5) is 11.0. The SMILES string of the molecule is C=C(C(C)=O)c1ccc(OC)cc1O. The van der Waals surface area contributed by atoms with E-state index in [2.05, 4.69) is 6.58 Å². The maximum atomic E-state index is 11.0. The summed E-state index contributed by atoms with van der Waals surface area (Å²) in [6.45, 7) is 5.00. The summed E-state index contributed by atoms with van der Waals surface area (Å²) in [6.07, 6.45) is 0. The molecule has 1 rings (SSSR count). The molecule has 0 aromatic heterocycles. The van der Waals surface area contributed by atoms with Crippen LogP contribution in [0, 0.1) is 0 Å². The van der Waals surface area contributed by atoms with Gasteiger partial charge in [0, 0.05) is 17.2 Å². The molecule has 0 unspecified atom stereocenters. The molecule has 0 saturated carbocycles. The maximum absolute atomic E-state index is 11.0. The summed E-state index contributed by atoms with van der Waals surface area (Å²) >= 11 is 0. The van der Waals surface area contributed by atoms with Crippen LogP contribution in [0.4, 0.5) is 0 Å². The molecule has 0 atom stereocenters. The van der Waals surface area contributed by atoms with Gasteiger partial charge in [-0.05, 0) is 19.1 Å². The van der Waals surface area contributed by atoms with Crippen LogP contribution in [0.1, 0.15) is 12.5 Å². The number of methoxy groups -OCH3 is 1. The van der Waals surface area contributed by atoms with Crippen LogP contribution in [-0.4, -0.2) is 18.0 Å². The molecular weight excluding hydrogens is 180 g/mol. The van der Waals surface area contributed by atoms with Crippen molar-refractivity contribution < 1.29 is 14.6 Å². The second-order valence-corrected chi connectivity index (χ2v) is 2.92. The Bertz CT molecular complexity index is 380. The summed E-state index contributed by atoms with van der Waals surface area (Å²) < 4.78 is 4.92. The number of hydrogen-bond donors (Lipinski definition) is 1. The van der Waals surface area contributed by atoms with Crippen LogP contribution in [0.5, 0.6) is 11.5 Å². The summed E-state index contributed by atoms with van der Waals surface area (Å²) in [5.41, 5.74) is 0.739. The number of carbonyl (C=O) groups is 1.